The highest BCUT2D eigenvalue weighted by molar-refractivity contribution is 6.30. The molecule has 0 atom stereocenters. The van der Waals surface area contributed by atoms with E-state index < -0.39 is 0 Å². The molecule has 0 aliphatic heterocycles. The number of nitrogens with one attached hydrogen (secondary N) is 2. The van der Waals surface area contributed by atoms with Crippen LogP contribution in [0.3, 0.4) is 0 Å². The van der Waals surface area contributed by atoms with Gasteiger partial charge in [0.25, 0.3) is 5.91 Å². The lowest BCUT2D eigenvalue weighted by Crippen LogP contribution is -2.16. The number of halogens is 1. The number of nitrogens with zero attached hydrogens (tertiary/aromatic N) is 2. The van der Waals surface area contributed by atoms with Crippen LogP contribution >= 0.6 is 11.6 Å². The summed E-state index contributed by atoms with van der Waals surface area (Å²) in [5, 5.41) is 6.71. The molecule has 3 aromatic rings. The highest BCUT2D eigenvalue weighted by Crippen LogP contribution is 2.18. The highest BCUT2D eigenvalue weighted by Gasteiger charge is 2.11. The maximum atomic E-state index is 12.5. The largest absolute Gasteiger partial charge is 0.497 e. The van der Waals surface area contributed by atoms with E-state index in [0.717, 1.165) is 5.56 Å². The van der Waals surface area contributed by atoms with E-state index in [-0.39, 0.29) is 11.6 Å². The van der Waals surface area contributed by atoms with Gasteiger partial charge in [0, 0.05) is 29.4 Å². The van der Waals surface area contributed by atoms with Crippen LogP contribution in [-0.2, 0) is 6.54 Å². The smallest absolute Gasteiger partial charge is 0.274 e. The maximum absolute atomic E-state index is 12.5. The van der Waals surface area contributed by atoms with Gasteiger partial charge in [0.1, 0.15) is 23.1 Å². The quantitative estimate of drug-likeness (QED) is 0.664. The van der Waals surface area contributed by atoms with Crippen molar-refractivity contribution in [2.45, 2.75) is 13.5 Å². The highest BCUT2D eigenvalue weighted by atomic mass is 35.5. The summed E-state index contributed by atoms with van der Waals surface area (Å²) in [6.07, 6.45) is 0. The number of methoxy groups -OCH3 is 1. The Morgan fingerprint density at radius 2 is 1.89 bits per heavy atom. The van der Waals surface area contributed by atoms with E-state index in [0.29, 0.717) is 34.6 Å². The number of carbonyl (C=O) groups excluding carboxylic acids is 1. The predicted octanol–water partition coefficient (Wildman–Crippen LogP) is 4.31. The zero-order valence-electron chi connectivity index (χ0n) is 15.0. The molecule has 0 fully saturated rings. The molecule has 0 radical (unpaired) electrons. The SMILES string of the molecule is COc1cccc(NC(=O)c2cc(NCc3ccc(Cl)cc3)nc(C)n2)c1. The second-order valence-corrected chi connectivity index (χ2v) is 6.29. The Kier molecular flexibility index (Phi) is 5.88. The molecule has 138 valence electrons. The summed E-state index contributed by atoms with van der Waals surface area (Å²) < 4.78 is 5.17. The van der Waals surface area contributed by atoms with Gasteiger partial charge in [0.15, 0.2) is 0 Å². The van der Waals surface area contributed by atoms with Gasteiger partial charge in [-0.15, -0.1) is 0 Å². The van der Waals surface area contributed by atoms with Crippen molar-refractivity contribution in [2.24, 2.45) is 0 Å². The minimum absolute atomic E-state index is 0.281. The van der Waals surface area contributed by atoms with Crippen molar-refractivity contribution in [2.75, 3.05) is 17.7 Å². The molecule has 1 heterocycles. The van der Waals surface area contributed by atoms with Crippen molar-refractivity contribution in [3.8, 4) is 5.75 Å². The second kappa shape index (κ2) is 8.51. The standard InChI is InChI=1S/C20H19ClN4O2/c1-13-23-18(20(26)25-16-4-3-5-17(10-16)27-2)11-19(24-13)22-12-14-6-8-15(21)9-7-14/h3-11H,12H2,1-2H3,(H,25,26)(H,22,23,24). The molecule has 1 aromatic heterocycles. The fourth-order valence-corrected chi connectivity index (χ4v) is 2.59. The summed E-state index contributed by atoms with van der Waals surface area (Å²) in [6, 6.07) is 16.3. The van der Waals surface area contributed by atoms with Crippen LogP contribution < -0.4 is 15.4 Å². The average molecular weight is 383 g/mol. The Morgan fingerprint density at radius 3 is 2.63 bits per heavy atom. The molecule has 2 aromatic carbocycles. The van der Waals surface area contributed by atoms with Crippen LogP contribution in [0.2, 0.25) is 5.02 Å². The molecular formula is C20H19ClN4O2. The molecule has 3 rings (SSSR count). The zero-order valence-corrected chi connectivity index (χ0v) is 15.7. The van der Waals surface area contributed by atoms with Crippen molar-refractivity contribution in [3.63, 3.8) is 0 Å². The van der Waals surface area contributed by atoms with Crippen LogP contribution in [0.5, 0.6) is 5.75 Å². The molecule has 0 unspecified atom stereocenters. The minimum atomic E-state index is -0.316. The normalized spacial score (nSPS) is 10.3. The van der Waals surface area contributed by atoms with Gasteiger partial charge in [0.05, 0.1) is 7.11 Å². The molecule has 27 heavy (non-hydrogen) atoms. The number of benzene rings is 2. The first-order chi connectivity index (χ1) is 13.0. The number of rotatable bonds is 6. The molecule has 0 saturated carbocycles. The van der Waals surface area contributed by atoms with Crippen molar-refractivity contribution in [1.82, 2.24) is 9.97 Å². The van der Waals surface area contributed by atoms with Gasteiger partial charge < -0.3 is 15.4 Å². The Labute approximate surface area is 162 Å². The van der Waals surface area contributed by atoms with Gasteiger partial charge >= 0.3 is 0 Å². The van der Waals surface area contributed by atoms with Gasteiger partial charge in [0.2, 0.25) is 0 Å². The summed E-state index contributed by atoms with van der Waals surface area (Å²) in [4.78, 5) is 21.1. The number of amides is 1. The van der Waals surface area contributed by atoms with E-state index in [2.05, 4.69) is 20.6 Å². The Bertz CT molecular complexity index is 945. The lowest BCUT2D eigenvalue weighted by Gasteiger charge is -2.10. The number of hydrogen-bond donors (Lipinski definition) is 2. The zero-order chi connectivity index (χ0) is 19.2. The van der Waals surface area contributed by atoms with Crippen LogP contribution in [-0.4, -0.2) is 23.0 Å². The third kappa shape index (κ3) is 5.18. The lowest BCUT2D eigenvalue weighted by molar-refractivity contribution is 0.102. The topological polar surface area (TPSA) is 76.1 Å². The maximum Gasteiger partial charge on any atom is 0.274 e. The number of hydrogen-bond acceptors (Lipinski definition) is 5. The number of aryl methyl sites for hydroxylation is 1. The first-order valence-electron chi connectivity index (χ1n) is 8.33. The van der Waals surface area contributed by atoms with Gasteiger partial charge in [-0.05, 0) is 36.8 Å². The van der Waals surface area contributed by atoms with E-state index in [4.69, 9.17) is 16.3 Å². The summed E-state index contributed by atoms with van der Waals surface area (Å²) in [5.74, 6) is 1.43. The Morgan fingerprint density at radius 1 is 1.11 bits per heavy atom. The summed E-state index contributed by atoms with van der Waals surface area (Å²) >= 11 is 5.90. The number of ether oxygens (including phenoxy) is 1. The van der Waals surface area contributed by atoms with E-state index in [1.165, 1.54) is 0 Å². The molecular weight excluding hydrogens is 364 g/mol. The second-order valence-electron chi connectivity index (χ2n) is 5.85. The molecule has 0 saturated heterocycles. The van der Waals surface area contributed by atoms with Gasteiger partial charge in [-0.1, -0.05) is 29.8 Å². The average Bonchev–Trinajstić information content (AvgIpc) is 2.67. The Hall–Kier alpha value is -3.12. The van der Waals surface area contributed by atoms with Crippen LogP contribution in [0, 0.1) is 6.92 Å². The number of carbonyl (C=O) groups is 1. The monoisotopic (exact) mass is 382 g/mol. The van der Waals surface area contributed by atoms with Crippen molar-refractivity contribution in [1.29, 1.82) is 0 Å². The van der Waals surface area contributed by atoms with Crippen LogP contribution in [0.25, 0.3) is 0 Å². The van der Waals surface area contributed by atoms with Gasteiger partial charge in [-0.2, -0.15) is 0 Å². The third-order valence-electron chi connectivity index (χ3n) is 3.79. The van der Waals surface area contributed by atoms with Crippen molar-refractivity contribution in [3.05, 3.63) is 76.7 Å². The fraction of sp³-hybridized carbons (Fsp3) is 0.150. The Balaban J connectivity index is 1.71. The molecule has 6 nitrogen and oxygen atoms in total. The van der Waals surface area contributed by atoms with E-state index in [1.54, 1.807) is 38.3 Å². The predicted molar refractivity (Wildman–Crippen MR) is 106 cm³/mol. The molecule has 0 aliphatic carbocycles. The van der Waals surface area contributed by atoms with Crippen LogP contribution in [0.15, 0.2) is 54.6 Å². The van der Waals surface area contributed by atoms with E-state index >= 15 is 0 Å². The molecule has 0 spiro atoms. The van der Waals surface area contributed by atoms with Crippen LogP contribution in [0.1, 0.15) is 21.9 Å². The van der Waals surface area contributed by atoms with Gasteiger partial charge in [-0.25, -0.2) is 9.97 Å². The van der Waals surface area contributed by atoms with Gasteiger partial charge in [-0.3, -0.25) is 4.79 Å². The molecule has 0 aliphatic rings. The molecule has 0 bridgehead atoms. The first-order valence-corrected chi connectivity index (χ1v) is 8.71. The first kappa shape index (κ1) is 18.7. The van der Waals surface area contributed by atoms with E-state index in [9.17, 15) is 4.79 Å². The number of anilines is 2. The van der Waals surface area contributed by atoms with E-state index in [1.807, 2.05) is 30.3 Å². The molecule has 2 N–H and O–H groups in total. The summed E-state index contributed by atoms with van der Waals surface area (Å²) in [6.45, 7) is 2.31. The fourth-order valence-electron chi connectivity index (χ4n) is 2.47. The minimum Gasteiger partial charge on any atom is -0.497 e. The summed E-state index contributed by atoms with van der Waals surface area (Å²) in [5.41, 5.74) is 1.97. The van der Waals surface area contributed by atoms with Crippen molar-refractivity contribution >= 4 is 29.0 Å². The molecule has 1 amide bonds. The lowest BCUT2D eigenvalue weighted by atomic mass is 10.2. The third-order valence-corrected chi connectivity index (χ3v) is 4.04. The molecule has 7 heteroatoms. The van der Waals surface area contributed by atoms with Crippen LogP contribution in [0.4, 0.5) is 11.5 Å². The van der Waals surface area contributed by atoms with Crippen molar-refractivity contribution < 1.29 is 9.53 Å². The number of aromatic nitrogens is 2. The summed E-state index contributed by atoms with van der Waals surface area (Å²) in [7, 11) is 1.58.